The van der Waals surface area contributed by atoms with Gasteiger partial charge < -0.3 is 11.1 Å². The third-order valence-electron chi connectivity index (χ3n) is 2.28. The Balaban J connectivity index is 2.86. The fourth-order valence-electron chi connectivity index (χ4n) is 1.15. The highest BCUT2D eigenvalue weighted by Crippen LogP contribution is 2.30. The maximum absolute atomic E-state index is 12.4. The number of rotatable bonds is 3. The van der Waals surface area contributed by atoms with E-state index >= 15 is 0 Å². The standard InChI is InChI=1S/C11H11F3N2OS/c1-6(9(15)18)10(17)16-8-4-2-3-7(5-8)11(12,13)14/h2-6H,1H3,(H2,15,18)(H,16,17). The lowest BCUT2D eigenvalue weighted by Gasteiger charge is -2.12. The average Bonchev–Trinajstić information content (AvgIpc) is 2.27. The lowest BCUT2D eigenvalue weighted by atomic mass is 10.1. The molecule has 1 rings (SSSR count). The molecule has 3 N–H and O–H groups in total. The molecule has 1 aromatic rings. The number of thiocarbonyl (C=S) groups is 1. The van der Waals surface area contributed by atoms with Crippen molar-refractivity contribution in [1.29, 1.82) is 0 Å². The average molecular weight is 276 g/mol. The molecule has 7 heteroatoms. The Labute approximate surface area is 107 Å². The Morgan fingerprint density at radius 2 is 2.06 bits per heavy atom. The van der Waals surface area contributed by atoms with Gasteiger partial charge in [0.1, 0.15) is 0 Å². The molecule has 0 bridgehead atoms. The van der Waals surface area contributed by atoms with Crippen LogP contribution in [0.25, 0.3) is 0 Å². The summed E-state index contributed by atoms with van der Waals surface area (Å²) < 4.78 is 37.3. The first-order valence-electron chi connectivity index (χ1n) is 4.99. The van der Waals surface area contributed by atoms with Gasteiger partial charge in [0, 0.05) is 5.69 Å². The van der Waals surface area contributed by atoms with Crippen molar-refractivity contribution in [2.24, 2.45) is 11.7 Å². The molecule has 1 unspecified atom stereocenters. The van der Waals surface area contributed by atoms with E-state index in [0.717, 1.165) is 12.1 Å². The van der Waals surface area contributed by atoms with Crippen LogP contribution in [0, 0.1) is 5.92 Å². The van der Waals surface area contributed by atoms with Crippen molar-refractivity contribution >= 4 is 28.8 Å². The molecule has 1 aromatic carbocycles. The van der Waals surface area contributed by atoms with Gasteiger partial charge >= 0.3 is 6.18 Å². The van der Waals surface area contributed by atoms with Crippen molar-refractivity contribution < 1.29 is 18.0 Å². The minimum atomic E-state index is -4.45. The van der Waals surface area contributed by atoms with Gasteiger partial charge in [-0.1, -0.05) is 18.3 Å². The molecule has 0 fully saturated rings. The van der Waals surface area contributed by atoms with Crippen molar-refractivity contribution in [3.05, 3.63) is 29.8 Å². The molecule has 0 radical (unpaired) electrons. The first-order chi connectivity index (χ1) is 8.21. The molecule has 0 aliphatic rings. The van der Waals surface area contributed by atoms with Crippen LogP contribution >= 0.6 is 12.2 Å². The highest BCUT2D eigenvalue weighted by atomic mass is 32.1. The van der Waals surface area contributed by atoms with Gasteiger partial charge in [0.05, 0.1) is 16.5 Å². The molecule has 1 atom stereocenters. The minimum absolute atomic E-state index is 0.0144. The number of carbonyl (C=O) groups excluding carboxylic acids is 1. The molecule has 0 spiro atoms. The fourth-order valence-corrected chi connectivity index (χ4v) is 1.26. The van der Waals surface area contributed by atoms with Crippen molar-refractivity contribution in [1.82, 2.24) is 0 Å². The number of alkyl halides is 3. The second-order valence-corrected chi connectivity index (χ2v) is 4.16. The molecular weight excluding hydrogens is 265 g/mol. The van der Waals surface area contributed by atoms with E-state index in [9.17, 15) is 18.0 Å². The van der Waals surface area contributed by atoms with Crippen LogP contribution in [0.5, 0.6) is 0 Å². The van der Waals surface area contributed by atoms with Crippen LogP contribution in [-0.4, -0.2) is 10.9 Å². The van der Waals surface area contributed by atoms with Gasteiger partial charge in [0.2, 0.25) is 5.91 Å². The maximum atomic E-state index is 12.4. The topological polar surface area (TPSA) is 55.1 Å². The molecule has 3 nitrogen and oxygen atoms in total. The number of halogens is 3. The van der Waals surface area contributed by atoms with Gasteiger partial charge in [-0.15, -0.1) is 0 Å². The van der Waals surface area contributed by atoms with E-state index in [1.807, 2.05) is 0 Å². The highest BCUT2D eigenvalue weighted by molar-refractivity contribution is 7.80. The highest BCUT2D eigenvalue weighted by Gasteiger charge is 2.30. The third kappa shape index (κ3) is 3.69. The molecule has 0 aromatic heterocycles. The maximum Gasteiger partial charge on any atom is 0.416 e. The number of hydrogen-bond acceptors (Lipinski definition) is 2. The van der Waals surface area contributed by atoms with Crippen molar-refractivity contribution in [3.63, 3.8) is 0 Å². The van der Waals surface area contributed by atoms with Crippen LogP contribution in [0.3, 0.4) is 0 Å². The number of amides is 1. The predicted octanol–water partition coefficient (Wildman–Crippen LogP) is 2.57. The number of nitrogens with two attached hydrogens (primary N) is 1. The Kier molecular flexibility index (Phi) is 4.28. The van der Waals surface area contributed by atoms with Gasteiger partial charge in [-0.3, -0.25) is 4.79 Å². The number of anilines is 1. The second-order valence-electron chi connectivity index (χ2n) is 3.69. The zero-order valence-corrected chi connectivity index (χ0v) is 10.2. The van der Waals surface area contributed by atoms with E-state index in [4.69, 9.17) is 5.73 Å². The molecule has 0 heterocycles. The van der Waals surface area contributed by atoms with Crippen molar-refractivity contribution in [2.75, 3.05) is 5.32 Å². The molecule has 0 aliphatic carbocycles. The first-order valence-corrected chi connectivity index (χ1v) is 5.40. The molecular formula is C11H11F3N2OS. The molecule has 98 valence electrons. The number of carbonyl (C=O) groups is 1. The quantitative estimate of drug-likeness (QED) is 0.834. The first kappa shape index (κ1) is 14.4. The van der Waals surface area contributed by atoms with Crippen molar-refractivity contribution in [3.8, 4) is 0 Å². The van der Waals surface area contributed by atoms with E-state index in [1.165, 1.54) is 19.1 Å². The molecule has 0 aliphatic heterocycles. The van der Waals surface area contributed by atoms with Crippen LogP contribution in [-0.2, 0) is 11.0 Å². The number of hydrogen-bond donors (Lipinski definition) is 2. The zero-order chi connectivity index (χ0) is 13.9. The summed E-state index contributed by atoms with van der Waals surface area (Å²) in [6.45, 7) is 1.48. The monoisotopic (exact) mass is 276 g/mol. The van der Waals surface area contributed by atoms with Crippen molar-refractivity contribution in [2.45, 2.75) is 13.1 Å². The number of benzene rings is 1. The van der Waals surface area contributed by atoms with E-state index in [0.29, 0.717) is 0 Å². The van der Waals surface area contributed by atoms with Gasteiger partial charge in [-0.05, 0) is 25.1 Å². The van der Waals surface area contributed by atoms with Gasteiger partial charge in [-0.2, -0.15) is 13.2 Å². The van der Waals surface area contributed by atoms with Crippen LogP contribution in [0.4, 0.5) is 18.9 Å². The van der Waals surface area contributed by atoms with Crippen LogP contribution in [0.1, 0.15) is 12.5 Å². The Morgan fingerprint density at radius 1 is 1.44 bits per heavy atom. The molecule has 0 saturated heterocycles. The summed E-state index contributed by atoms with van der Waals surface area (Å²) in [5, 5.41) is 2.33. The molecule has 0 saturated carbocycles. The Morgan fingerprint density at radius 3 is 2.56 bits per heavy atom. The third-order valence-corrected chi connectivity index (χ3v) is 2.63. The Bertz CT molecular complexity index is 474. The van der Waals surface area contributed by atoms with Gasteiger partial charge in [0.15, 0.2) is 0 Å². The van der Waals surface area contributed by atoms with Gasteiger partial charge in [-0.25, -0.2) is 0 Å². The largest absolute Gasteiger partial charge is 0.416 e. The normalized spacial score (nSPS) is 12.9. The summed E-state index contributed by atoms with van der Waals surface area (Å²) in [6, 6.07) is 4.35. The van der Waals surface area contributed by atoms with Crippen LogP contribution in [0.15, 0.2) is 24.3 Å². The predicted molar refractivity (Wildman–Crippen MR) is 66.0 cm³/mol. The van der Waals surface area contributed by atoms with Crippen LogP contribution in [0.2, 0.25) is 0 Å². The minimum Gasteiger partial charge on any atom is -0.393 e. The second kappa shape index (κ2) is 5.34. The van der Waals surface area contributed by atoms with Gasteiger partial charge in [0.25, 0.3) is 0 Å². The summed E-state index contributed by atoms with van der Waals surface area (Å²) in [5.74, 6) is -1.28. The summed E-state index contributed by atoms with van der Waals surface area (Å²) in [4.78, 5) is 11.5. The Hall–Kier alpha value is -1.63. The summed E-state index contributed by atoms with van der Waals surface area (Å²) in [5.41, 5.74) is 4.50. The summed E-state index contributed by atoms with van der Waals surface area (Å²) in [7, 11) is 0. The summed E-state index contributed by atoms with van der Waals surface area (Å²) in [6.07, 6.45) is -4.45. The lowest BCUT2D eigenvalue weighted by Crippen LogP contribution is -2.30. The number of nitrogens with one attached hydrogen (secondary N) is 1. The van der Waals surface area contributed by atoms with Crippen LogP contribution < -0.4 is 11.1 Å². The van der Waals surface area contributed by atoms with E-state index in [2.05, 4.69) is 17.5 Å². The van der Waals surface area contributed by atoms with E-state index in [1.54, 1.807) is 0 Å². The fraction of sp³-hybridized carbons (Fsp3) is 0.273. The summed E-state index contributed by atoms with van der Waals surface area (Å²) >= 11 is 4.63. The lowest BCUT2D eigenvalue weighted by molar-refractivity contribution is -0.137. The van der Waals surface area contributed by atoms with E-state index in [-0.39, 0.29) is 10.7 Å². The molecule has 1 amide bonds. The smallest absolute Gasteiger partial charge is 0.393 e. The SMILES string of the molecule is CC(C(=O)Nc1cccc(C(F)(F)F)c1)C(N)=S. The van der Waals surface area contributed by atoms with E-state index < -0.39 is 23.6 Å². The molecule has 18 heavy (non-hydrogen) atoms. The zero-order valence-electron chi connectivity index (χ0n) is 9.41.